The van der Waals surface area contributed by atoms with E-state index in [2.05, 4.69) is 5.32 Å². The Bertz CT molecular complexity index is 919. The Morgan fingerprint density at radius 1 is 1.07 bits per heavy atom. The maximum atomic E-state index is 12.9. The monoisotopic (exact) mass is 406 g/mol. The summed E-state index contributed by atoms with van der Waals surface area (Å²) < 4.78 is 10.6. The van der Waals surface area contributed by atoms with E-state index in [9.17, 15) is 9.59 Å². The lowest BCUT2D eigenvalue weighted by atomic mass is 10.1. The van der Waals surface area contributed by atoms with E-state index in [1.54, 1.807) is 41.3 Å². The third-order valence-electron chi connectivity index (χ3n) is 4.62. The number of rotatable bonds is 3. The number of amides is 2. The number of carbonyl (C=O) groups excluding carboxylic acids is 2. The van der Waals surface area contributed by atoms with Gasteiger partial charge in [-0.1, -0.05) is 23.2 Å². The van der Waals surface area contributed by atoms with Crippen LogP contribution in [0.3, 0.4) is 0 Å². The van der Waals surface area contributed by atoms with Crippen LogP contribution >= 0.6 is 23.2 Å². The Hall–Kier alpha value is -2.44. The molecule has 2 heterocycles. The van der Waals surface area contributed by atoms with Crippen molar-refractivity contribution < 1.29 is 19.1 Å². The van der Waals surface area contributed by atoms with E-state index in [-0.39, 0.29) is 18.6 Å². The quantitative estimate of drug-likeness (QED) is 0.837. The number of nitrogens with zero attached hydrogens (tertiary/aromatic N) is 1. The van der Waals surface area contributed by atoms with Crippen LogP contribution in [-0.4, -0.2) is 36.1 Å². The van der Waals surface area contributed by atoms with E-state index in [1.165, 1.54) is 0 Å². The number of likely N-dealkylation sites (tertiary alicyclic amines) is 1. The van der Waals surface area contributed by atoms with Crippen molar-refractivity contribution in [1.82, 2.24) is 4.90 Å². The molecule has 1 unspecified atom stereocenters. The Labute approximate surface area is 165 Å². The van der Waals surface area contributed by atoms with Gasteiger partial charge in [0.25, 0.3) is 5.91 Å². The van der Waals surface area contributed by atoms with Crippen molar-refractivity contribution >= 4 is 40.7 Å². The van der Waals surface area contributed by atoms with Gasteiger partial charge in [0.2, 0.25) is 12.7 Å². The number of hydrogen-bond acceptors (Lipinski definition) is 4. The van der Waals surface area contributed by atoms with Gasteiger partial charge in [-0.05, 0) is 49.2 Å². The molecule has 0 aliphatic carbocycles. The number of halogens is 2. The summed E-state index contributed by atoms with van der Waals surface area (Å²) in [6, 6.07) is 9.29. The molecule has 4 rings (SSSR count). The predicted molar refractivity (Wildman–Crippen MR) is 102 cm³/mol. The van der Waals surface area contributed by atoms with Crippen molar-refractivity contribution in [3.63, 3.8) is 0 Å². The van der Waals surface area contributed by atoms with Gasteiger partial charge in [0.1, 0.15) is 6.04 Å². The zero-order valence-electron chi connectivity index (χ0n) is 14.2. The lowest BCUT2D eigenvalue weighted by Crippen LogP contribution is -2.43. The van der Waals surface area contributed by atoms with Crippen LogP contribution in [-0.2, 0) is 4.79 Å². The van der Waals surface area contributed by atoms with Gasteiger partial charge in [-0.15, -0.1) is 0 Å². The fourth-order valence-corrected chi connectivity index (χ4v) is 3.62. The molecular formula is C19H16Cl2N2O4. The third kappa shape index (κ3) is 3.55. The van der Waals surface area contributed by atoms with Crippen LogP contribution in [0.5, 0.6) is 11.5 Å². The van der Waals surface area contributed by atoms with E-state index in [4.69, 9.17) is 32.7 Å². The first-order valence-corrected chi connectivity index (χ1v) is 9.25. The number of nitrogens with one attached hydrogen (secondary N) is 1. The second-order valence-electron chi connectivity index (χ2n) is 6.34. The SMILES string of the molecule is O=C(Nc1cc(Cl)ccc1Cl)C1CCCN1C(=O)c1ccc2c(c1)OCO2. The molecule has 2 aliphatic heterocycles. The van der Waals surface area contributed by atoms with Gasteiger partial charge in [0.05, 0.1) is 10.7 Å². The Morgan fingerprint density at radius 3 is 2.74 bits per heavy atom. The zero-order valence-corrected chi connectivity index (χ0v) is 15.7. The Kier molecular flexibility index (Phi) is 4.85. The molecule has 1 atom stereocenters. The van der Waals surface area contributed by atoms with Crippen molar-refractivity contribution in [1.29, 1.82) is 0 Å². The van der Waals surface area contributed by atoms with E-state index < -0.39 is 6.04 Å². The van der Waals surface area contributed by atoms with Gasteiger partial charge >= 0.3 is 0 Å². The molecule has 2 amide bonds. The van der Waals surface area contributed by atoms with Crippen LogP contribution in [0, 0.1) is 0 Å². The van der Waals surface area contributed by atoms with Crippen LogP contribution in [0.1, 0.15) is 23.2 Å². The van der Waals surface area contributed by atoms with Crippen LogP contribution in [0.4, 0.5) is 5.69 Å². The van der Waals surface area contributed by atoms with Gasteiger partial charge in [0.15, 0.2) is 11.5 Å². The first kappa shape index (κ1) is 17.9. The van der Waals surface area contributed by atoms with Crippen LogP contribution in [0.25, 0.3) is 0 Å². The van der Waals surface area contributed by atoms with E-state index in [0.29, 0.717) is 45.8 Å². The first-order valence-electron chi connectivity index (χ1n) is 8.49. The number of anilines is 1. The third-order valence-corrected chi connectivity index (χ3v) is 5.19. The minimum atomic E-state index is -0.571. The summed E-state index contributed by atoms with van der Waals surface area (Å²) >= 11 is 12.1. The maximum Gasteiger partial charge on any atom is 0.254 e. The summed E-state index contributed by atoms with van der Waals surface area (Å²) in [6.07, 6.45) is 1.33. The molecule has 1 fully saturated rings. The maximum absolute atomic E-state index is 12.9. The second-order valence-corrected chi connectivity index (χ2v) is 7.18. The minimum Gasteiger partial charge on any atom is -0.454 e. The highest BCUT2D eigenvalue weighted by atomic mass is 35.5. The standard InChI is InChI=1S/C19H16Cl2N2O4/c20-12-4-5-13(21)14(9-12)22-18(24)15-2-1-7-23(15)19(25)11-3-6-16-17(8-11)27-10-26-16/h3-6,8-9,15H,1-2,7,10H2,(H,22,24). The topological polar surface area (TPSA) is 67.9 Å². The highest BCUT2D eigenvalue weighted by molar-refractivity contribution is 6.35. The lowest BCUT2D eigenvalue weighted by molar-refractivity contribution is -0.119. The van der Waals surface area contributed by atoms with E-state index in [1.807, 2.05) is 0 Å². The molecule has 0 spiro atoms. The summed E-state index contributed by atoms with van der Waals surface area (Å²) in [6.45, 7) is 0.650. The highest BCUT2D eigenvalue weighted by Gasteiger charge is 2.35. The van der Waals surface area contributed by atoms with Crippen molar-refractivity contribution in [2.75, 3.05) is 18.7 Å². The van der Waals surface area contributed by atoms with Gasteiger partial charge in [0, 0.05) is 17.1 Å². The number of benzene rings is 2. The molecular weight excluding hydrogens is 391 g/mol. The Morgan fingerprint density at radius 2 is 1.89 bits per heavy atom. The molecule has 2 aliphatic rings. The first-order chi connectivity index (χ1) is 13.0. The fourth-order valence-electron chi connectivity index (χ4n) is 3.29. The smallest absolute Gasteiger partial charge is 0.254 e. The molecule has 0 aromatic heterocycles. The largest absolute Gasteiger partial charge is 0.454 e. The zero-order chi connectivity index (χ0) is 19.0. The van der Waals surface area contributed by atoms with Gasteiger partial charge in [-0.25, -0.2) is 0 Å². The van der Waals surface area contributed by atoms with Crippen LogP contribution in [0.2, 0.25) is 10.0 Å². The molecule has 2 aromatic carbocycles. The van der Waals surface area contributed by atoms with Crippen molar-refractivity contribution in [2.24, 2.45) is 0 Å². The number of fused-ring (bicyclic) bond motifs is 1. The van der Waals surface area contributed by atoms with Crippen molar-refractivity contribution in [2.45, 2.75) is 18.9 Å². The van der Waals surface area contributed by atoms with Gasteiger partial charge in [-0.2, -0.15) is 0 Å². The van der Waals surface area contributed by atoms with Crippen LogP contribution < -0.4 is 14.8 Å². The molecule has 8 heteroatoms. The fraction of sp³-hybridized carbons (Fsp3) is 0.263. The molecule has 140 valence electrons. The summed E-state index contributed by atoms with van der Waals surface area (Å²) in [5, 5.41) is 3.63. The molecule has 0 bridgehead atoms. The number of ether oxygens (including phenoxy) is 2. The molecule has 1 saturated heterocycles. The normalized spacial score (nSPS) is 17.9. The number of hydrogen-bond donors (Lipinski definition) is 1. The minimum absolute atomic E-state index is 0.141. The summed E-state index contributed by atoms with van der Waals surface area (Å²) in [5.41, 5.74) is 0.885. The molecule has 0 radical (unpaired) electrons. The molecule has 1 N–H and O–H groups in total. The second kappa shape index (κ2) is 7.29. The van der Waals surface area contributed by atoms with Crippen LogP contribution in [0.15, 0.2) is 36.4 Å². The average molecular weight is 407 g/mol. The van der Waals surface area contributed by atoms with Crippen molar-refractivity contribution in [3.8, 4) is 11.5 Å². The summed E-state index contributed by atoms with van der Waals surface area (Å²) in [4.78, 5) is 27.3. The molecule has 27 heavy (non-hydrogen) atoms. The van der Waals surface area contributed by atoms with E-state index >= 15 is 0 Å². The van der Waals surface area contributed by atoms with Crippen molar-refractivity contribution in [3.05, 3.63) is 52.0 Å². The molecule has 6 nitrogen and oxygen atoms in total. The highest BCUT2D eigenvalue weighted by Crippen LogP contribution is 2.34. The van der Waals surface area contributed by atoms with Gasteiger partial charge < -0.3 is 19.7 Å². The summed E-state index contributed by atoms with van der Waals surface area (Å²) in [5.74, 6) is 0.638. The molecule has 2 aromatic rings. The average Bonchev–Trinajstić information content (AvgIpc) is 3.32. The van der Waals surface area contributed by atoms with Gasteiger partial charge in [-0.3, -0.25) is 9.59 Å². The summed E-state index contributed by atoms with van der Waals surface area (Å²) in [7, 11) is 0. The van der Waals surface area contributed by atoms with E-state index in [0.717, 1.165) is 6.42 Å². The molecule has 0 saturated carbocycles. The Balaban J connectivity index is 1.52. The number of carbonyl (C=O) groups is 2. The lowest BCUT2D eigenvalue weighted by Gasteiger charge is -2.24. The predicted octanol–water partition coefficient (Wildman–Crippen LogP) is 3.97.